The monoisotopic (exact) mass is 579 g/mol. The second-order valence-electron chi connectivity index (χ2n) is 10.8. The molecule has 0 aliphatic carbocycles. The van der Waals surface area contributed by atoms with Crippen molar-refractivity contribution in [3.05, 3.63) is 53.8 Å². The average molecular weight is 580 g/mol. The van der Waals surface area contributed by atoms with Crippen LogP contribution < -0.4 is 9.46 Å². The summed E-state index contributed by atoms with van der Waals surface area (Å²) in [6.45, 7) is 7.07. The van der Waals surface area contributed by atoms with Crippen molar-refractivity contribution in [1.29, 1.82) is 0 Å². The van der Waals surface area contributed by atoms with E-state index in [2.05, 4.69) is 9.62 Å². The second kappa shape index (κ2) is 14.2. The standard InChI is InChI=1S/C29H42FN3O6S/c1-20-17-33(21(2)19-34)29(35)26-16-24(31-40(36,37)25-12-9-23(30)10-13-25)11-14-27(26)39-22(3)8-6-7-15-38-28(20)18-32(4)5/h9-14,16,20-22,28,31,34H,6-8,15,17-19H2,1-5H3/t20-,21+,22+,28-/m1/s1. The number of rotatable bonds is 7. The number of benzene rings is 2. The maximum atomic E-state index is 14.1. The van der Waals surface area contributed by atoms with Gasteiger partial charge in [-0.1, -0.05) is 6.92 Å². The van der Waals surface area contributed by atoms with E-state index in [0.717, 1.165) is 31.4 Å². The van der Waals surface area contributed by atoms with E-state index in [1.807, 2.05) is 27.9 Å². The molecule has 0 bridgehead atoms. The Morgan fingerprint density at radius 2 is 1.85 bits per heavy atom. The quantitative estimate of drug-likeness (QED) is 0.511. The molecule has 0 fully saturated rings. The van der Waals surface area contributed by atoms with Gasteiger partial charge in [0.2, 0.25) is 0 Å². The first-order valence-electron chi connectivity index (χ1n) is 13.7. The van der Waals surface area contributed by atoms with Gasteiger partial charge in [-0.2, -0.15) is 0 Å². The zero-order valence-electron chi connectivity index (χ0n) is 24.0. The number of hydrogen-bond acceptors (Lipinski definition) is 7. The van der Waals surface area contributed by atoms with Gasteiger partial charge < -0.3 is 24.4 Å². The number of hydrogen-bond donors (Lipinski definition) is 2. The number of aliphatic hydroxyl groups is 1. The number of ether oxygens (including phenoxy) is 2. The summed E-state index contributed by atoms with van der Waals surface area (Å²) < 4.78 is 54.2. The Morgan fingerprint density at radius 3 is 2.50 bits per heavy atom. The maximum absolute atomic E-state index is 14.1. The Hall–Kier alpha value is -2.73. The van der Waals surface area contributed by atoms with Gasteiger partial charge in [-0.3, -0.25) is 9.52 Å². The van der Waals surface area contributed by atoms with Crippen molar-refractivity contribution < 1.29 is 32.2 Å². The van der Waals surface area contributed by atoms with Crippen LogP contribution in [0.15, 0.2) is 47.4 Å². The van der Waals surface area contributed by atoms with E-state index in [4.69, 9.17) is 9.47 Å². The van der Waals surface area contributed by atoms with Gasteiger partial charge >= 0.3 is 0 Å². The predicted octanol–water partition coefficient (Wildman–Crippen LogP) is 3.98. The van der Waals surface area contributed by atoms with Crippen LogP contribution in [0.5, 0.6) is 5.75 Å². The molecule has 1 heterocycles. The van der Waals surface area contributed by atoms with Gasteiger partial charge in [0.25, 0.3) is 15.9 Å². The van der Waals surface area contributed by atoms with Crippen LogP contribution in [0.2, 0.25) is 0 Å². The number of aliphatic hydroxyl groups excluding tert-OH is 1. The Morgan fingerprint density at radius 1 is 1.15 bits per heavy atom. The minimum atomic E-state index is -4.04. The third-order valence-electron chi connectivity index (χ3n) is 6.97. The summed E-state index contributed by atoms with van der Waals surface area (Å²) in [4.78, 5) is 17.6. The molecule has 1 aliphatic rings. The number of nitrogens with zero attached hydrogens (tertiary/aromatic N) is 2. The summed E-state index contributed by atoms with van der Waals surface area (Å²) in [6, 6.07) is 8.54. The maximum Gasteiger partial charge on any atom is 0.261 e. The largest absolute Gasteiger partial charge is 0.490 e. The molecule has 2 aromatic carbocycles. The predicted molar refractivity (Wildman–Crippen MR) is 153 cm³/mol. The number of nitrogens with one attached hydrogen (secondary N) is 1. The highest BCUT2D eigenvalue weighted by molar-refractivity contribution is 7.92. The molecule has 9 nitrogen and oxygen atoms in total. The fraction of sp³-hybridized carbons (Fsp3) is 0.552. The molecular weight excluding hydrogens is 537 g/mol. The molecule has 3 rings (SSSR count). The van der Waals surface area contributed by atoms with Crippen LogP contribution in [0.4, 0.5) is 10.1 Å². The molecule has 0 spiro atoms. The van der Waals surface area contributed by atoms with Crippen molar-refractivity contribution >= 4 is 21.6 Å². The average Bonchev–Trinajstić information content (AvgIpc) is 2.90. The summed E-state index contributed by atoms with van der Waals surface area (Å²) in [7, 11) is -0.0862. The van der Waals surface area contributed by atoms with Crippen molar-refractivity contribution in [1.82, 2.24) is 9.80 Å². The molecule has 0 unspecified atom stereocenters. The van der Waals surface area contributed by atoms with Crippen LogP contribution in [0.1, 0.15) is 50.4 Å². The molecule has 2 aromatic rings. The number of carbonyl (C=O) groups is 1. The van der Waals surface area contributed by atoms with Crippen LogP contribution in [0.3, 0.4) is 0 Å². The Labute approximate surface area is 237 Å². The molecule has 0 saturated heterocycles. The number of likely N-dealkylation sites (N-methyl/N-ethyl adjacent to an activating group) is 1. The zero-order valence-corrected chi connectivity index (χ0v) is 24.8. The number of anilines is 1. The van der Waals surface area contributed by atoms with Crippen molar-refractivity contribution in [3.63, 3.8) is 0 Å². The lowest BCUT2D eigenvalue weighted by atomic mass is 10.0. The summed E-state index contributed by atoms with van der Waals surface area (Å²) >= 11 is 0. The van der Waals surface area contributed by atoms with E-state index < -0.39 is 21.9 Å². The van der Waals surface area contributed by atoms with Crippen LogP contribution >= 0.6 is 0 Å². The Bertz CT molecular complexity index is 1220. The van der Waals surface area contributed by atoms with Gasteiger partial charge in [0.15, 0.2) is 0 Å². The highest BCUT2D eigenvalue weighted by Crippen LogP contribution is 2.29. The van der Waals surface area contributed by atoms with Gasteiger partial charge in [-0.05, 0) is 89.7 Å². The summed E-state index contributed by atoms with van der Waals surface area (Å²) in [5.41, 5.74) is 0.341. The second-order valence-corrected chi connectivity index (χ2v) is 12.5. The molecule has 1 aliphatic heterocycles. The minimum absolute atomic E-state index is 0.0493. The Balaban J connectivity index is 2.02. The number of fused-ring (bicyclic) bond motifs is 1. The molecule has 4 atom stereocenters. The van der Waals surface area contributed by atoms with Crippen molar-refractivity contribution in [2.45, 2.75) is 63.2 Å². The third kappa shape index (κ3) is 8.63. The first-order valence-corrected chi connectivity index (χ1v) is 15.2. The van der Waals surface area contributed by atoms with Gasteiger partial charge in [0, 0.05) is 31.3 Å². The molecule has 222 valence electrons. The minimum Gasteiger partial charge on any atom is -0.490 e. The zero-order chi connectivity index (χ0) is 29.4. The number of carbonyl (C=O) groups excluding carboxylic acids is 1. The highest BCUT2D eigenvalue weighted by Gasteiger charge is 2.30. The molecule has 11 heteroatoms. The topological polar surface area (TPSA) is 108 Å². The van der Waals surface area contributed by atoms with Crippen molar-refractivity contribution in [2.75, 3.05) is 45.1 Å². The number of halogens is 1. The smallest absolute Gasteiger partial charge is 0.261 e. The Kier molecular flexibility index (Phi) is 11.3. The van der Waals surface area contributed by atoms with E-state index in [1.54, 1.807) is 17.9 Å². The van der Waals surface area contributed by atoms with E-state index >= 15 is 0 Å². The molecular formula is C29H42FN3O6S. The van der Waals surface area contributed by atoms with Crippen molar-refractivity contribution in [3.8, 4) is 5.75 Å². The summed E-state index contributed by atoms with van der Waals surface area (Å²) in [6.07, 6.45) is 2.19. The van der Waals surface area contributed by atoms with Crippen LogP contribution in [0, 0.1) is 11.7 Å². The molecule has 0 radical (unpaired) electrons. The van der Waals surface area contributed by atoms with E-state index in [9.17, 15) is 22.7 Å². The van der Waals surface area contributed by atoms with E-state index in [-0.39, 0.29) is 46.8 Å². The molecule has 1 amide bonds. The lowest BCUT2D eigenvalue weighted by Crippen LogP contribution is -2.47. The third-order valence-corrected chi connectivity index (χ3v) is 8.37. The fourth-order valence-electron chi connectivity index (χ4n) is 4.64. The summed E-state index contributed by atoms with van der Waals surface area (Å²) in [5.74, 6) is -0.651. The van der Waals surface area contributed by atoms with E-state index in [0.29, 0.717) is 25.4 Å². The summed E-state index contributed by atoms with van der Waals surface area (Å²) in [5, 5.41) is 10.0. The molecule has 40 heavy (non-hydrogen) atoms. The van der Waals surface area contributed by atoms with Crippen LogP contribution in [0.25, 0.3) is 0 Å². The fourth-order valence-corrected chi connectivity index (χ4v) is 5.69. The lowest BCUT2D eigenvalue weighted by Gasteiger charge is -2.35. The van der Waals surface area contributed by atoms with Gasteiger partial charge in [0.05, 0.1) is 35.3 Å². The highest BCUT2D eigenvalue weighted by atomic mass is 32.2. The molecule has 0 aromatic heterocycles. The lowest BCUT2D eigenvalue weighted by molar-refractivity contribution is -0.0137. The van der Waals surface area contributed by atoms with Gasteiger partial charge in [0.1, 0.15) is 11.6 Å². The molecule has 2 N–H and O–H groups in total. The van der Waals surface area contributed by atoms with E-state index in [1.165, 1.54) is 24.3 Å². The van der Waals surface area contributed by atoms with Crippen LogP contribution in [-0.2, 0) is 14.8 Å². The van der Waals surface area contributed by atoms with Crippen LogP contribution in [-0.4, -0.2) is 87.9 Å². The number of amides is 1. The molecule has 0 saturated carbocycles. The first-order chi connectivity index (χ1) is 18.9. The number of sulfonamides is 1. The van der Waals surface area contributed by atoms with Crippen molar-refractivity contribution in [2.24, 2.45) is 5.92 Å². The SMILES string of the molecule is C[C@@H]1CN([C@@H](C)CO)C(=O)c2cc(NS(=O)(=O)c3ccc(F)cc3)ccc2O[C@@H](C)CCCCO[C@@H]1CN(C)C. The van der Waals surface area contributed by atoms with Gasteiger partial charge in [-0.25, -0.2) is 12.8 Å². The normalized spacial score (nSPS) is 22.2. The van der Waals surface area contributed by atoms with Gasteiger partial charge in [-0.15, -0.1) is 0 Å². The first kappa shape index (κ1) is 31.8.